The Morgan fingerprint density at radius 3 is 2.29 bits per heavy atom. The number of amides is 1. The van der Waals surface area contributed by atoms with Gasteiger partial charge in [-0.3, -0.25) is 4.79 Å². The molecule has 0 unspecified atom stereocenters. The van der Waals surface area contributed by atoms with Gasteiger partial charge in [0.2, 0.25) is 5.91 Å². The predicted molar refractivity (Wildman–Crippen MR) is 120 cm³/mol. The normalized spacial score (nSPS) is 20.5. The third-order valence-corrected chi connectivity index (χ3v) is 6.80. The second-order valence-corrected chi connectivity index (χ2v) is 8.98. The fourth-order valence-corrected chi connectivity index (χ4v) is 4.99. The van der Waals surface area contributed by atoms with Crippen LogP contribution < -0.4 is 10.6 Å². The lowest BCUT2D eigenvalue weighted by atomic mass is 9.72. The first-order valence-electron chi connectivity index (χ1n) is 11.1. The molecule has 2 aromatic rings. The van der Waals surface area contributed by atoms with Gasteiger partial charge in [-0.1, -0.05) is 55.7 Å². The van der Waals surface area contributed by atoms with Crippen LogP contribution in [0.25, 0.3) is 11.1 Å². The first kappa shape index (κ1) is 21.1. The number of nitrogens with one attached hydrogen (secondary N) is 2. The summed E-state index contributed by atoms with van der Waals surface area (Å²) in [6.07, 6.45) is 7.60. The van der Waals surface area contributed by atoms with Crippen molar-refractivity contribution in [3.63, 3.8) is 0 Å². The molecule has 2 aromatic carbocycles. The lowest BCUT2D eigenvalue weighted by Gasteiger charge is -2.32. The monoisotopic (exact) mass is 412 g/mol. The molecule has 1 saturated heterocycles. The highest BCUT2D eigenvalue weighted by molar-refractivity contribution is 5.82. The van der Waals surface area contributed by atoms with E-state index >= 15 is 0 Å². The SMILES string of the molecule is N#Cc1ccc(-c2ccc(C[C@@H](C#N)NC(=O)[C@@H]3CC4(CCCCC4)CN3)cc2)cc1. The number of nitrogens with zero attached hydrogens (tertiary/aromatic N) is 2. The Hall–Kier alpha value is -3.15. The molecule has 2 fully saturated rings. The van der Waals surface area contributed by atoms with Crippen molar-refractivity contribution in [1.82, 2.24) is 10.6 Å². The summed E-state index contributed by atoms with van der Waals surface area (Å²) in [7, 11) is 0. The molecule has 1 amide bonds. The van der Waals surface area contributed by atoms with Gasteiger partial charge in [-0.2, -0.15) is 10.5 Å². The first-order valence-corrected chi connectivity index (χ1v) is 11.1. The van der Waals surface area contributed by atoms with Crippen LogP contribution in [0.5, 0.6) is 0 Å². The maximum absolute atomic E-state index is 12.8. The van der Waals surface area contributed by atoms with Crippen molar-refractivity contribution in [2.75, 3.05) is 6.54 Å². The molecular formula is C26H28N4O. The molecule has 2 N–H and O–H groups in total. The van der Waals surface area contributed by atoms with Crippen molar-refractivity contribution >= 4 is 5.91 Å². The zero-order valence-electron chi connectivity index (χ0n) is 17.7. The van der Waals surface area contributed by atoms with Gasteiger partial charge in [-0.05, 0) is 53.5 Å². The summed E-state index contributed by atoms with van der Waals surface area (Å²) in [4.78, 5) is 12.8. The molecule has 5 nitrogen and oxygen atoms in total. The van der Waals surface area contributed by atoms with Crippen molar-refractivity contribution in [1.29, 1.82) is 10.5 Å². The third-order valence-electron chi connectivity index (χ3n) is 6.80. The maximum atomic E-state index is 12.8. The van der Waals surface area contributed by atoms with E-state index in [0.717, 1.165) is 29.7 Å². The standard InChI is InChI=1S/C26H28N4O/c27-16-20-6-10-22(11-7-20)21-8-4-19(5-9-21)14-23(17-28)30-25(31)24-15-26(18-29-24)12-2-1-3-13-26/h4-11,23-24,29H,1-3,12-15,18H2,(H,30,31)/t23-,24-/m0/s1. The van der Waals surface area contributed by atoms with E-state index in [0.29, 0.717) is 12.0 Å². The van der Waals surface area contributed by atoms with Gasteiger partial charge in [0.1, 0.15) is 6.04 Å². The highest BCUT2D eigenvalue weighted by Gasteiger charge is 2.42. The van der Waals surface area contributed by atoms with Crippen LogP contribution >= 0.6 is 0 Å². The van der Waals surface area contributed by atoms with E-state index in [1.54, 1.807) is 12.1 Å². The average Bonchev–Trinajstić information content (AvgIpc) is 3.23. The minimum absolute atomic E-state index is 0.0526. The van der Waals surface area contributed by atoms with E-state index < -0.39 is 6.04 Å². The van der Waals surface area contributed by atoms with Gasteiger partial charge in [0.05, 0.1) is 23.7 Å². The predicted octanol–water partition coefficient (Wildman–Crippen LogP) is 4.09. The van der Waals surface area contributed by atoms with E-state index in [2.05, 4.69) is 22.8 Å². The third kappa shape index (κ3) is 4.95. The zero-order chi connectivity index (χ0) is 21.7. The molecule has 31 heavy (non-hydrogen) atoms. The van der Waals surface area contributed by atoms with Crippen LogP contribution in [0.2, 0.25) is 0 Å². The highest BCUT2D eigenvalue weighted by atomic mass is 16.2. The smallest absolute Gasteiger partial charge is 0.238 e. The van der Waals surface area contributed by atoms with Gasteiger partial charge in [0, 0.05) is 13.0 Å². The van der Waals surface area contributed by atoms with Gasteiger partial charge in [-0.15, -0.1) is 0 Å². The van der Waals surface area contributed by atoms with Crippen molar-refractivity contribution in [3.8, 4) is 23.3 Å². The number of benzene rings is 2. The Labute approximate surface area is 184 Å². The van der Waals surface area contributed by atoms with Crippen LogP contribution in [0.15, 0.2) is 48.5 Å². The maximum Gasteiger partial charge on any atom is 0.238 e. The number of carbonyl (C=O) groups is 1. The van der Waals surface area contributed by atoms with E-state index in [4.69, 9.17) is 5.26 Å². The quantitative estimate of drug-likeness (QED) is 0.774. The number of carbonyl (C=O) groups excluding carboxylic acids is 1. The molecule has 1 spiro atoms. The molecule has 158 valence electrons. The largest absolute Gasteiger partial charge is 0.339 e. The zero-order valence-corrected chi connectivity index (χ0v) is 17.7. The molecule has 1 saturated carbocycles. The van der Waals surface area contributed by atoms with Crippen LogP contribution in [0.3, 0.4) is 0 Å². The molecule has 1 heterocycles. The number of hydrogen-bond donors (Lipinski definition) is 2. The summed E-state index contributed by atoms with van der Waals surface area (Å²) in [6, 6.07) is 19.1. The number of hydrogen-bond acceptors (Lipinski definition) is 4. The Morgan fingerprint density at radius 2 is 1.68 bits per heavy atom. The van der Waals surface area contributed by atoms with Crippen LogP contribution in [-0.4, -0.2) is 24.5 Å². The highest BCUT2D eigenvalue weighted by Crippen LogP contribution is 2.42. The molecule has 0 bridgehead atoms. The lowest BCUT2D eigenvalue weighted by Crippen LogP contribution is -2.45. The Morgan fingerprint density at radius 1 is 1.03 bits per heavy atom. The summed E-state index contributed by atoms with van der Waals surface area (Å²) in [6.45, 7) is 0.916. The van der Waals surface area contributed by atoms with Crippen molar-refractivity contribution in [3.05, 3.63) is 59.7 Å². The fourth-order valence-electron chi connectivity index (χ4n) is 4.99. The summed E-state index contributed by atoms with van der Waals surface area (Å²) in [5, 5.41) is 24.9. The first-order chi connectivity index (χ1) is 15.1. The molecule has 1 aliphatic carbocycles. The molecule has 0 aromatic heterocycles. The van der Waals surface area contributed by atoms with E-state index in [1.807, 2.05) is 36.4 Å². The van der Waals surface area contributed by atoms with E-state index in [-0.39, 0.29) is 17.4 Å². The molecule has 1 aliphatic heterocycles. The second kappa shape index (κ2) is 9.33. The molecule has 4 rings (SSSR count). The van der Waals surface area contributed by atoms with Crippen LogP contribution in [-0.2, 0) is 11.2 Å². The topological polar surface area (TPSA) is 88.7 Å². The van der Waals surface area contributed by atoms with Gasteiger partial charge in [-0.25, -0.2) is 0 Å². The van der Waals surface area contributed by atoms with Crippen LogP contribution in [0.1, 0.15) is 49.7 Å². The Balaban J connectivity index is 1.34. The van der Waals surface area contributed by atoms with Crippen molar-refractivity contribution in [2.24, 2.45) is 5.41 Å². The summed E-state index contributed by atoms with van der Waals surface area (Å²) >= 11 is 0. The fraction of sp³-hybridized carbons (Fsp3) is 0.423. The van der Waals surface area contributed by atoms with Crippen molar-refractivity contribution < 1.29 is 4.79 Å². The van der Waals surface area contributed by atoms with Gasteiger partial charge in [0.15, 0.2) is 0 Å². The van der Waals surface area contributed by atoms with E-state index in [9.17, 15) is 10.1 Å². The summed E-state index contributed by atoms with van der Waals surface area (Å²) in [5.41, 5.74) is 4.02. The summed E-state index contributed by atoms with van der Waals surface area (Å²) in [5.74, 6) is -0.0526. The molecule has 2 atom stereocenters. The Bertz CT molecular complexity index is 992. The van der Waals surface area contributed by atoms with Crippen LogP contribution in [0.4, 0.5) is 0 Å². The van der Waals surface area contributed by atoms with Gasteiger partial charge in [0.25, 0.3) is 0 Å². The molecule has 5 heteroatoms. The minimum atomic E-state index is -0.544. The average molecular weight is 413 g/mol. The molecule has 0 radical (unpaired) electrons. The Kier molecular flexibility index (Phi) is 6.35. The minimum Gasteiger partial charge on any atom is -0.339 e. The van der Waals surface area contributed by atoms with E-state index in [1.165, 1.54) is 32.1 Å². The molecule has 2 aliphatic rings. The second-order valence-electron chi connectivity index (χ2n) is 8.98. The summed E-state index contributed by atoms with van der Waals surface area (Å²) < 4.78 is 0. The lowest BCUT2D eigenvalue weighted by molar-refractivity contribution is -0.123. The van der Waals surface area contributed by atoms with Crippen LogP contribution in [0, 0.1) is 28.1 Å². The van der Waals surface area contributed by atoms with Gasteiger partial charge >= 0.3 is 0 Å². The number of nitriles is 2. The number of rotatable bonds is 5. The molecular weight excluding hydrogens is 384 g/mol. The van der Waals surface area contributed by atoms with Gasteiger partial charge < -0.3 is 10.6 Å². The van der Waals surface area contributed by atoms with Crippen molar-refractivity contribution in [2.45, 2.75) is 57.0 Å².